The van der Waals surface area contributed by atoms with Crippen LogP contribution in [-0.2, 0) is 6.54 Å². The topological polar surface area (TPSA) is 29.9 Å². The molecule has 0 saturated heterocycles. The van der Waals surface area contributed by atoms with E-state index in [1.807, 2.05) is 12.1 Å². The molecular weight excluding hydrogens is 258 g/mol. The lowest BCUT2D eigenvalue weighted by molar-refractivity contribution is 0.514. The van der Waals surface area contributed by atoms with E-state index >= 15 is 0 Å². The van der Waals surface area contributed by atoms with Gasteiger partial charge in [0.15, 0.2) is 0 Å². The van der Waals surface area contributed by atoms with Crippen molar-refractivity contribution in [2.24, 2.45) is 5.92 Å². The number of benzene rings is 1. The number of nitrogens with one attached hydrogen (secondary N) is 1. The zero-order valence-electron chi connectivity index (χ0n) is 12.1. The first kappa shape index (κ1) is 14.4. The van der Waals surface area contributed by atoms with E-state index in [0.29, 0.717) is 12.0 Å². The van der Waals surface area contributed by atoms with E-state index in [1.165, 1.54) is 0 Å². The van der Waals surface area contributed by atoms with Crippen molar-refractivity contribution >= 4 is 22.6 Å². The molecule has 19 heavy (non-hydrogen) atoms. The maximum absolute atomic E-state index is 6.04. The van der Waals surface area contributed by atoms with E-state index < -0.39 is 0 Å². The number of halogens is 1. The van der Waals surface area contributed by atoms with Crippen molar-refractivity contribution in [1.29, 1.82) is 0 Å². The third-order valence-electron chi connectivity index (χ3n) is 3.08. The Labute approximate surface area is 120 Å². The van der Waals surface area contributed by atoms with Crippen molar-refractivity contribution in [3.8, 4) is 0 Å². The van der Waals surface area contributed by atoms with E-state index in [1.54, 1.807) is 0 Å². The molecule has 0 aliphatic carbocycles. The van der Waals surface area contributed by atoms with E-state index in [0.717, 1.165) is 35.0 Å². The van der Waals surface area contributed by atoms with Crippen LogP contribution in [0.3, 0.4) is 0 Å². The number of rotatable bonds is 5. The van der Waals surface area contributed by atoms with E-state index in [2.05, 4.69) is 43.6 Å². The van der Waals surface area contributed by atoms with Crippen molar-refractivity contribution in [3.63, 3.8) is 0 Å². The second kappa shape index (κ2) is 5.93. The van der Waals surface area contributed by atoms with Gasteiger partial charge in [0.2, 0.25) is 0 Å². The molecule has 1 aromatic heterocycles. The fraction of sp³-hybridized carbons (Fsp3) is 0.533. The molecule has 0 bridgehead atoms. The van der Waals surface area contributed by atoms with Gasteiger partial charge in [-0.3, -0.25) is 0 Å². The highest BCUT2D eigenvalue weighted by Gasteiger charge is 2.13. The molecule has 0 atom stereocenters. The van der Waals surface area contributed by atoms with Gasteiger partial charge in [-0.25, -0.2) is 4.98 Å². The van der Waals surface area contributed by atoms with Crippen LogP contribution in [0.1, 0.15) is 39.6 Å². The Balaban J connectivity index is 2.33. The fourth-order valence-corrected chi connectivity index (χ4v) is 2.46. The van der Waals surface area contributed by atoms with Crippen LogP contribution in [0.5, 0.6) is 0 Å². The lowest BCUT2D eigenvalue weighted by atomic mass is 10.2. The van der Waals surface area contributed by atoms with Gasteiger partial charge >= 0.3 is 0 Å². The first-order valence-electron chi connectivity index (χ1n) is 6.86. The summed E-state index contributed by atoms with van der Waals surface area (Å²) in [5.41, 5.74) is 2.13. The Kier molecular flexibility index (Phi) is 4.48. The Bertz CT molecular complexity index is 558. The Morgan fingerprint density at radius 3 is 2.63 bits per heavy atom. The van der Waals surface area contributed by atoms with Crippen LogP contribution in [0.4, 0.5) is 0 Å². The summed E-state index contributed by atoms with van der Waals surface area (Å²) in [6.07, 6.45) is 0. The van der Waals surface area contributed by atoms with Gasteiger partial charge in [-0.1, -0.05) is 25.4 Å². The second-order valence-electron chi connectivity index (χ2n) is 5.65. The SMILES string of the molecule is CC(C)CNCc1nc2cc(Cl)ccc2n1C(C)C. The minimum absolute atomic E-state index is 0.391. The third kappa shape index (κ3) is 3.28. The smallest absolute Gasteiger partial charge is 0.124 e. The van der Waals surface area contributed by atoms with Gasteiger partial charge in [-0.05, 0) is 44.5 Å². The van der Waals surface area contributed by atoms with Gasteiger partial charge in [0.05, 0.1) is 17.6 Å². The quantitative estimate of drug-likeness (QED) is 0.896. The molecule has 0 spiro atoms. The standard InChI is InChI=1S/C15H22ClN3/c1-10(2)8-17-9-15-18-13-7-12(16)5-6-14(13)19(15)11(3)4/h5-7,10-11,17H,8-9H2,1-4H3. The minimum atomic E-state index is 0.391. The highest BCUT2D eigenvalue weighted by Crippen LogP contribution is 2.23. The van der Waals surface area contributed by atoms with Crippen LogP contribution in [0.25, 0.3) is 11.0 Å². The number of hydrogen-bond acceptors (Lipinski definition) is 2. The summed E-state index contributed by atoms with van der Waals surface area (Å²) >= 11 is 6.04. The van der Waals surface area contributed by atoms with E-state index in [9.17, 15) is 0 Å². The summed E-state index contributed by atoms with van der Waals surface area (Å²) in [4.78, 5) is 4.71. The summed E-state index contributed by atoms with van der Waals surface area (Å²) in [6, 6.07) is 6.30. The van der Waals surface area contributed by atoms with E-state index in [-0.39, 0.29) is 0 Å². The predicted octanol–water partition coefficient (Wildman–Crippen LogP) is 4.02. The van der Waals surface area contributed by atoms with Crippen LogP contribution < -0.4 is 5.32 Å². The zero-order chi connectivity index (χ0) is 14.0. The van der Waals surface area contributed by atoms with Crippen molar-refractivity contribution in [1.82, 2.24) is 14.9 Å². The van der Waals surface area contributed by atoms with Gasteiger partial charge in [0.25, 0.3) is 0 Å². The molecular formula is C15H22ClN3. The number of nitrogens with zero attached hydrogens (tertiary/aromatic N) is 2. The minimum Gasteiger partial charge on any atom is -0.324 e. The highest BCUT2D eigenvalue weighted by molar-refractivity contribution is 6.31. The molecule has 104 valence electrons. The van der Waals surface area contributed by atoms with Gasteiger partial charge in [0, 0.05) is 11.1 Å². The van der Waals surface area contributed by atoms with Crippen molar-refractivity contribution < 1.29 is 0 Å². The molecule has 4 heteroatoms. The number of aromatic nitrogens is 2. The summed E-state index contributed by atoms with van der Waals surface area (Å²) < 4.78 is 2.28. The molecule has 0 aliphatic rings. The molecule has 0 radical (unpaired) electrons. The maximum atomic E-state index is 6.04. The number of fused-ring (bicyclic) bond motifs is 1. The average molecular weight is 280 g/mol. The first-order valence-corrected chi connectivity index (χ1v) is 7.24. The van der Waals surface area contributed by atoms with Crippen LogP contribution in [0.2, 0.25) is 5.02 Å². The lowest BCUT2D eigenvalue weighted by Crippen LogP contribution is -2.22. The van der Waals surface area contributed by atoms with Crippen LogP contribution in [0.15, 0.2) is 18.2 Å². The molecule has 0 aliphatic heterocycles. The largest absolute Gasteiger partial charge is 0.324 e. The Hall–Kier alpha value is -1.06. The molecule has 1 heterocycles. The van der Waals surface area contributed by atoms with Gasteiger partial charge < -0.3 is 9.88 Å². The van der Waals surface area contributed by atoms with Crippen molar-refractivity contribution in [3.05, 3.63) is 29.0 Å². The van der Waals surface area contributed by atoms with Gasteiger partial charge in [0.1, 0.15) is 5.82 Å². The first-order chi connectivity index (χ1) is 8.99. The summed E-state index contributed by atoms with van der Waals surface area (Å²) in [5, 5.41) is 4.19. The average Bonchev–Trinajstić information content (AvgIpc) is 2.65. The molecule has 3 nitrogen and oxygen atoms in total. The second-order valence-corrected chi connectivity index (χ2v) is 6.09. The van der Waals surface area contributed by atoms with Crippen molar-refractivity contribution in [2.75, 3.05) is 6.54 Å². The van der Waals surface area contributed by atoms with Crippen molar-refractivity contribution in [2.45, 2.75) is 40.3 Å². The van der Waals surface area contributed by atoms with Gasteiger partial charge in [-0.15, -0.1) is 0 Å². The van der Waals surface area contributed by atoms with Crippen LogP contribution >= 0.6 is 11.6 Å². The predicted molar refractivity (Wildman–Crippen MR) is 81.7 cm³/mol. The molecule has 2 rings (SSSR count). The number of hydrogen-bond donors (Lipinski definition) is 1. The lowest BCUT2D eigenvalue weighted by Gasteiger charge is -2.14. The maximum Gasteiger partial charge on any atom is 0.124 e. The summed E-state index contributed by atoms with van der Waals surface area (Å²) in [6.45, 7) is 10.6. The summed E-state index contributed by atoms with van der Waals surface area (Å²) in [7, 11) is 0. The Morgan fingerprint density at radius 1 is 1.26 bits per heavy atom. The van der Waals surface area contributed by atoms with Crippen LogP contribution in [-0.4, -0.2) is 16.1 Å². The molecule has 1 aromatic carbocycles. The van der Waals surface area contributed by atoms with E-state index in [4.69, 9.17) is 16.6 Å². The molecule has 0 unspecified atom stereocenters. The Morgan fingerprint density at radius 2 is 2.00 bits per heavy atom. The van der Waals surface area contributed by atoms with Gasteiger partial charge in [-0.2, -0.15) is 0 Å². The molecule has 0 fully saturated rings. The molecule has 1 N–H and O–H groups in total. The molecule has 0 amide bonds. The molecule has 0 saturated carbocycles. The fourth-order valence-electron chi connectivity index (χ4n) is 2.30. The monoisotopic (exact) mass is 279 g/mol. The third-order valence-corrected chi connectivity index (χ3v) is 3.31. The molecule has 2 aromatic rings. The van der Waals surface area contributed by atoms with Crippen LogP contribution in [0, 0.1) is 5.92 Å². The highest BCUT2D eigenvalue weighted by atomic mass is 35.5. The zero-order valence-corrected chi connectivity index (χ0v) is 12.8. The normalized spacial score (nSPS) is 11.9. The summed E-state index contributed by atoms with van der Waals surface area (Å²) in [5.74, 6) is 1.72. The number of imidazole rings is 1.